The molecule has 2 heterocycles. The molecule has 0 bridgehead atoms. The van der Waals surface area contributed by atoms with Crippen molar-refractivity contribution >= 4 is 17.5 Å². The average molecular weight is 424 g/mol. The Bertz CT molecular complexity index is 921. The van der Waals surface area contributed by atoms with E-state index in [-0.39, 0.29) is 24.2 Å². The number of amides is 2. The molecule has 31 heavy (non-hydrogen) atoms. The Morgan fingerprint density at radius 2 is 1.65 bits per heavy atom. The van der Waals surface area contributed by atoms with Crippen molar-refractivity contribution in [2.75, 3.05) is 38.2 Å². The van der Waals surface area contributed by atoms with Crippen LogP contribution in [0.25, 0.3) is 0 Å². The number of rotatable bonds is 7. The number of nitrogens with one attached hydrogen (secondary N) is 1. The number of carbonyl (C=O) groups excluding carboxylic acids is 2. The molecule has 7 heteroatoms. The van der Waals surface area contributed by atoms with E-state index >= 15 is 0 Å². The Morgan fingerprint density at radius 3 is 2.35 bits per heavy atom. The molecule has 3 N–H and O–H groups in total. The van der Waals surface area contributed by atoms with Crippen LogP contribution in [0.5, 0.6) is 11.5 Å². The second-order valence-electron chi connectivity index (χ2n) is 8.17. The summed E-state index contributed by atoms with van der Waals surface area (Å²) in [5, 5.41) is 2.95. The molecule has 7 nitrogen and oxygen atoms in total. The van der Waals surface area contributed by atoms with Gasteiger partial charge in [0.05, 0.1) is 6.42 Å². The summed E-state index contributed by atoms with van der Waals surface area (Å²) in [6, 6.07) is 13.6. The standard InChI is InChI=1S/C24H29N3O4/c25-24(29)19-8-11-27(12-9-19)10-7-17-1-4-20(5-2-17)26-23(28)16-18-3-6-21-22(15-18)31-14-13-30-21/h1-6,15,19H,7-14,16H2,(H2,25,29)(H,26,28). The molecular weight excluding hydrogens is 394 g/mol. The minimum Gasteiger partial charge on any atom is -0.486 e. The van der Waals surface area contributed by atoms with Gasteiger partial charge in [-0.05, 0) is 67.7 Å². The van der Waals surface area contributed by atoms with Gasteiger partial charge < -0.3 is 25.4 Å². The molecular formula is C24H29N3O4. The highest BCUT2D eigenvalue weighted by molar-refractivity contribution is 5.92. The van der Waals surface area contributed by atoms with E-state index in [1.54, 1.807) is 0 Å². The summed E-state index contributed by atoms with van der Waals surface area (Å²) in [5.41, 5.74) is 8.30. The van der Waals surface area contributed by atoms with Crippen LogP contribution in [0.4, 0.5) is 5.69 Å². The van der Waals surface area contributed by atoms with Crippen LogP contribution in [-0.2, 0) is 22.4 Å². The highest BCUT2D eigenvalue weighted by Crippen LogP contribution is 2.31. The number of primary amides is 1. The van der Waals surface area contributed by atoms with Crippen LogP contribution in [0.1, 0.15) is 24.0 Å². The third kappa shape index (κ3) is 5.76. The first kappa shape index (κ1) is 21.2. The zero-order chi connectivity index (χ0) is 21.6. The van der Waals surface area contributed by atoms with Crippen LogP contribution in [0.15, 0.2) is 42.5 Å². The molecule has 0 spiro atoms. The molecule has 0 atom stereocenters. The second-order valence-corrected chi connectivity index (χ2v) is 8.17. The van der Waals surface area contributed by atoms with Crippen LogP contribution in [0, 0.1) is 5.92 Å². The van der Waals surface area contributed by atoms with E-state index in [1.807, 2.05) is 30.3 Å². The van der Waals surface area contributed by atoms with Gasteiger partial charge in [-0.1, -0.05) is 18.2 Å². The monoisotopic (exact) mass is 423 g/mol. The maximum absolute atomic E-state index is 12.4. The topological polar surface area (TPSA) is 93.9 Å². The maximum Gasteiger partial charge on any atom is 0.228 e. The van der Waals surface area contributed by atoms with Crippen molar-refractivity contribution in [3.05, 3.63) is 53.6 Å². The molecule has 1 saturated heterocycles. The number of fused-ring (bicyclic) bond motifs is 1. The van der Waals surface area contributed by atoms with Gasteiger partial charge >= 0.3 is 0 Å². The van der Waals surface area contributed by atoms with Crippen molar-refractivity contribution in [2.24, 2.45) is 11.7 Å². The lowest BCUT2D eigenvalue weighted by atomic mass is 9.96. The van der Waals surface area contributed by atoms with Crippen molar-refractivity contribution in [1.82, 2.24) is 4.90 Å². The number of anilines is 1. The lowest BCUT2D eigenvalue weighted by Gasteiger charge is -2.30. The third-order valence-electron chi connectivity index (χ3n) is 5.92. The molecule has 2 aliphatic rings. The summed E-state index contributed by atoms with van der Waals surface area (Å²) in [6.07, 6.45) is 2.92. The van der Waals surface area contributed by atoms with Gasteiger partial charge in [0.2, 0.25) is 11.8 Å². The van der Waals surface area contributed by atoms with E-state index < -0.39 is 0 Å². The lowest BCUT2D eigenvalue weighted by molar-refractivity contribution is -0.123. The molecule has 2 amide bonds. The van der Waals surface area contributed by atoms with Crippen molar-refractivity contribution in [2.45, 2.75) is 25.7 Å². The summed E-state index contributed by atoms with van der Waals surface area (Å²) < 4.78 is 11.1. The molecule has 0 radical (unpaired) electrons. The minimum absolute atomic E-state index is 0.0290. The molecule has 0 saturated carbocycles. The molecule has 2 aromatic carbocycles. The van der Waals surface area contributed by atoms with Crippen LogP contribution in [0.3, 0.4) is 0 Å². The molecule has 0 aliphatic carbocycles. The Kier molecular flexibility index (Phi) is 6.72. The fourth-order valence-corrected chi connectivity index (χ4v) is 4.07. The summed E-state index contributed by atoms with van der Waals surface area (Å²) in [7, 11) is 0. The predicted octanol–water partition coefficient (Wildman–Crippen LogP) is 2.38. The Labute approximate surface area is 182 Å². The highest BCUT2D eigenvalue weighted by atomic mass is 16.6. The van der Waals surface area contributed by atoms with Crippen molar-refractivity contribution < 1.29 is 19.1 Å². The van der Waals surface area contributed by atoms with Crippen LogP contribution >= 0.6 is 0 Å². The van der Waals surface area contributed by atoms with Crippen molar-refractivity contribution in [1.29, 1.82) is 0 Å². The lowest BCUT2D eigenvalue weighted by Crippen LogP contribution is -2.39. The SMILES string of the molecule is NC(=O)C1CCN(CCc2ccc(NC(=O)Cc3ccc4c(c3)OCCO4)cc2)CC1. The number of hydrogen-bond acceptors (Lipinski definition) is 5. The van der Waals surface area contributed by atoms with E-state index in [9.17, 15) is 9.59 Å². The van der Waals surface area contributed by atoms with E-state index in [0.717, 1.165) is 55.9 Å². The van der Waals surface area contributed by atoms with Gasteiger partial charge in [-0.25, -0.2) is 0 Å². The van der Waals surface area contributed by atoms with Gasteiger partial charge in [0.25, 0.3) is 0 Å². The fraction of sp³-hybridized carbons (Fsp3) is 0.417. The average Bonchev–Trinajstić information content (AvgIpc) is 2.79. The van der Waals surface area contributed by atoms with Gasteiger partial charge in [-0.3, -0.25) is 9.59 Å². The number of benzene rings is 2. The second kappa shape index (κ2) is 9.83. The first-order valence-electron chi connectivity index (χ1n) is 10.9. The zero-order valence-electron chi connectivity index (χ0n) is 17.6. The van der Waals surface area contributed by atoms with E-state index in [2.05, 4.69) is 22.3 Å². The maximum atomic E-state index is 12.4. The largest absolute Gasteiger partial charge is 0.486 e. The molecule has 1 fully saturated rings. The van der Waals surface area contributed by atoms with Crippen LogP contribution in [-0.4, -0.2) is 49.6 Å². The molecule has 2 aliphatic heterocycles. The first-order valence-corrected chi connectivity index (χ1v) is 10.9. The van der Waals surface area contributed by atoms with E-state index in [0.29, 0.717) is 19.0 Å². The van der Waals surface area contributed by atoms with Crippen molar-refractivity contribution in [3.63, 3.8) is 0 Å². The van der Waals surface area contributed by atoms with Crippen LogP contribution < -0.4 is 20.5 Å². The Hall–Kier alpha value is -3.06. The minimum atomic E-state index is -0.175. The molecule has 4 rings (SSSR count). The summed E-state index contributed by atoms with van der Waals surface area (Å²) in [6.45, 7) is 3.88. The fourth-order valence-electron chi connectivity index (χ4n) is 4.07. The number of ether oxygens (including phenoxy) is 2. The van der Waals surface area contributed by atoms with Gasteiger partial charge in [0, 0.05) is 18.2 Å². The predicted molar refractivity (Wildman–Crippen MR) is 118 cm³/mol. The van der Waals surface area contributed by atoms with Crippen molar-refractivity contribution in [3.8, 4) is 11.5 Å². The Morgan fingerprint density at radius 1 is 0.968 bits per heavy atom. The summed E-state index contributed by atoms with van der Waals surface area (Å²) in [4.78, 5) is 26.1. The van der Waals surface area contributed by atoms with Crippen LogP contribution in [0.2, 0.25) is 0 Å². The number of piperidine rings is 1. The van der Waals surface area contributed by atoms with E-state index in [1.165, 1.54) is 5.56 Å². The van der Waals surface area contributed by atoms with E-state index in [4.69, 9.17) is 15.2 Å². The molecule has 2 aromatic rings. The van der Waals surface area contributed by atoms with Gasteiger partial charge in [0.15, 0.2) is 11.5 Å². The number of hydrogen-bond donors (Lipinski definition) is 2. The van der Waals surface area contributed by atoms with Gasteiger partial charge in [-0.2, -0.15) is 0 Å². The quantitative estimate of drug-likeness (QED) is 0.713. The number of nitrogens with two attached hydrogens (primary N) is 1. The van der Waals surface area contributed by atoms with Gasteiger partial charge in [0.1, 0.15) is 13.2 Å². The smallest absolute Gasteiger partial charge is 0.228 e. The zero-order valence-corrected chi connectivity index (χ0v) is 17.6. The summed E-state index contributed by atoms with van der Waals surface area (Å²) in [5.74, 6) is 1.21. The highest BCUT2D eigenvalue weighted by Gasteiger charge is 2.22. The number of likely N-dealkylation sites (tertiary alicyclic amines) is 1. The van der Waals surface area contributed by atoms with Gasteiger partial charge in [-0.15, -0.1) is 0 Å². The first-order chi connectivity index (χ1) is 15.1. The molecule has 164 valence electrons. The molecule has 0 aromatic heterocycles. The number of nitrogens with zero attached hydrogens (tertiary/aromatic N) is 1. The molecule has 0 unspecified atom stereocenters. The summed E-state index contributed by atoms with van der Waals surface area (Å²) >= 11 is 0. The third-order valence-corrected chi connectivity index (χ3v) is 5.92. The number of carbonyl (C=O) groups is 2. The Balaban J connectivity index is 1.23. The normalized spacial score (nSPS) is 16.6.